The van der Waals surface area contributed by atoms with Crippen LogP contribution in [-0.4, -0.2) is 0 Å². The molecule has 0 radical (unpaired) electrons. The minimum atomic E-state index is -0.733. The van der Waals surface area contributed by atoms with Gasteiger partial charge < -0.3 is 17.2 Å². The molecule has 0 aliphatic heterocycles. The van der Waals surface area contributed by atoms with Crippen LogP contribution in [0.4, 0.5) is 0 Å². The molecule has 6 N–H and O–H groups in total. The van der Waals surface area contributed by atoms with Gasteiger partial charge in [0.1, 0.15) is 0 Å². The summed E-state index contributed by atoms with van der Waals surface area (Å²) in [4.78, 5) is 0. The zero-order chi connectivity index (χ0) is 17.9. The number of fused-ring (bicyclic) bond motifs is 9. The van der Waals surface area contributed by atoms with Gasteiger partial charge >= 0.3 is 0 Å². The van der Waals surface area contributed by atoms with E-state index in [1.54, 1.807) is 0 Å². The van der Waals surface area contributed by atoms with Crippen LogP contribution in [0.5, 0.6) is 0 Å². The molecule has 0 fully saturated rings. The van der Waals surface area contributed by atoms with Gasteiger partial charge in [0.05, 0.1) is 16.6 Å². The van der Waals surface area contributed by atoms with E-state index in [-0.39, 0.29) is 0 Å². The van der Waals surface area contributed by atoms with Gasteiger partial charge in [-0.15, -0.1) is 0 Å². The fourth-order valence-corrected chi connectivity index (χ4v) is 6.50. The molecule has 0 saturated carbocycles. The molecule has 0 heterocycles. The van der Waals surface area contributed by atoms with Crippen molar-refractivity contribution in [2.75, 3.05) is 0 Å². The number of hydrogen-bond acceptors (Lipinski definition) is 3. The van der Waals surface area contributed by atoms with Crippen molar-refractivity contribution < 1.29 is 0 Å². The average Bonchev–Trinajstić information content (AvgIpc) is 3.05. The zero-order valence-corrected chi connectivity index (χ0v) is 14.7. The lowest BCUT2D eigenvalue weighted by atomic mass is 9.60. The van der Waals surface area contributed by atoms with Gasteiger partial charge in [-0.3, -0.25) is 0 Å². The van der Waals surface area contributed by atoms with Crippen molar-refractivity contribution >= 4 is 0 Å². The third kappa shape index (κ3) is 1.04. The Morgan fingerprint density at radius 1 is 0.462 bits per heavy atom. The first-order chi connectivity index (χ1) is 12.4. The van der Waals surface area contributed by atoms with Gasteiger partial charge in [-0.25, -0.2) is 0 Å². The van der Waals surface area contributed by atoms with E-state index in [0.29, 0.717) is 0 Å². The van der Waals surface area contributed by atoms with E-state index in [4.69, 9.17) is 17.2 Å². The van der Waals surface area contributed by atoms with Crippen molar-refractivity contribution in [1.29, 1.82) is 0 Å². The predicted octanol–water partition coefficient (Wildman–Crippen LogP) is 2.64. The van der Waals surface area contributed by atoms with E-state index in [1.165, 1.54) is 0 Å². The smallest absolute Gasteiger partial charge is 0.0776 e. The van der Waals surface area contributed by atoms with Crippen LogP contribution in [-0.2, 0) is 16.6 Å². The first kappa shape index (κ1) is 14.7. The molecule has 0 saturated heterocycles. The molecule has 0 atom stereocenters. The molecule has 0 aromatic heterocycles. The van der Waals surface area contributed by atoms with Crippen LogP contribution >= 0.6 is 0 Å². The second-order valence-corrected chi connectivity index (χ2v) is 8.19. The minimum Gasteiger partial charge on any atom is -0.317 e. The molecule has 26 heavy (non-hydrogen) atoms. The quantitative estimate of drug-likeness (QED) is 0.589. The largest absolute Gasteiger partial charge is 0.317 e. The van der Waals surface area contributed by atoms with Crippen LogP contribution < -0.4 is 17.2 Å². The van der Waals surface area contributed by atoms with Crippen molar-refractivity contribution in [3.8, 4) is 0 Å². The summed E-state index contributed by atoms with van der Waals surface area (Å²) in [6.45, 7) is 2.19. The second kappa shape index (κ2) is 3.94. The second-order valence-electron chi connectivity index (χ2n) is 8.19. The van der Waals surface area contributed by atoms with Gasteiger partial charge in [-0.1, -0.05) is 79.7 Å². The molecule has 3 aromatic rings. The third-order valence-corrected chi connectivity index (χ3v) is 7.70. The Morgan fingerprint density at radius 3 is 0.846 bits per heavy atom. The normalized spacial score (nSPS) is 37.8. The lowest BCUT2D eigenvalue weighted by Gasteiger charge is -2.48. The van der Waals surface area contributed by atoms with Gasteiger partial charge in [-0.05, 0) is 33.4 Å². The summed E-state index contributed by atoms with van der Waals surface area (Å²) in [5.41, 5.74) is 25.8. The van der Waals surface area contributed by atoms with Gasteiger partial charge in [0.15, 0.2) is 0 Å². The zero-order valence-electron chi connectivity index (χ0n) is 14.7. The van der Waals surface area contributed by atoms with Crippen LogP contribution in [0.15, 0.2) is 72.8 Å². The van der Waals surface area contributed by atoms with E-state index in [2.05, 4.69) is 43.3 Å². The number of rotatable bonds is 0. The van der Waals surface area contributed by atoms with Crippen LogP contribution in [0.2, 0.25) is 0 Å². The van der Waals surface area contributed by atoms with E-state index in [9.17, 15) is 0 Å². The highest BCUT2D eigenvalue weighted by molar-refractivity contribution is 5.75. The molecule has 3 nitrogen and oxygen atoms in total. The summed E-state index contributed by atoms with van der Waals surface area (Å²) in [5.74, 6) is 0. The Kier molecular flexibility index (Phi) is 2.22. The third-order valence-electron chi connectivity index (χ3n) is 7.70. The predicted molar refractivity (Wildman–Crippen MR) is 102 cm³/mol. The molecule has 0 bridgehead atoms. The molecule has 3 aromatic carbocycles. The fraction of sp³-hybridized carbons (Fsp3) is 0.217. The average molecular weight is 339 g/mol. The van der Waals surface area contributed by atoms with E-state index in [0.717, 1.165) is 33.4 Å². The van der Waals surface area contributed by atoms with Crippen LogP contribution in [0.1, 0.15) is 40.3 Å². The SMILES string of the molecule is CC12C3(N)c4ccccc4C1(N)c1ccccc1C2(N)c1ccccc13. The maximum atomic E-state index is 7.33. The summed E-state index contributed by atoms with van der Waals surface area (Å²) < 4.78 is 0. The van der Waals surface area contributed by atoms with Gasteiger partial charge in [-0.2, -0.15) is 0 Å². The molecular weight excluding hydrogens is 318 g/mol. The van der Waals surface area contributed by atoms with Crippen molar-refractivity contribution in [3.05, 3.63) is 106 Å². The number of benzene rings is 3. The van der Waals surface area contributed by atoms with Crippen LogP contribution in [0, 0.1) is 5.41 Å². The highest BCUT2D eigenvalue weighted by Crippen LogP contribution is 2.77. The van der Waals surface area contributed by atoms with E-state index < -0.39 is 22.0 Å². The highest BCUT2D eigenvalue weighted by Gasteiger charge is 2.81. The Morgan fingerprint density at radius 2 is 0.654 bits per heavy atom. The molecule has 3 aliphatic carbocycles. The Labute approximate surface area is 152 Å². The van der Waals surface area contributed by atoms with Crippen molar-refractivity contribution in [2.45, 2.75) is 23.5 Å². The number of hydrogen-bond donors (Lipinski definition) is 3. The lowest BCUT2D eigenvalue weighted by Crippen LogP contribution is -2.63. The van der Waals surface area contributed by atoms with Crippen molar-refractivity contribution in [1.82, 2.24) is 0 Å². The van der Waals surface area contributed by atoms with Crippen molar-refractivity contribution in [2.24, 2.45) is 22.6 Å². The summed E-state index contributed by atoms with van der Waals surface area (Å²) >= 11 is 0. The Bertz CT molecular complexity index is 905. The number of nitrogens with two attached hydrogens (primary N) is 3. The lowest BCUT2D eigenvalue weighted by molar-refractivity contribution is 0.0795. The minimum absolute atomic E-state index is 0.593. The van der Waals surface area contributed by atoms with Gasteiger partial charge in [0.2, 0.25) is 0 Å². The summed E-state index contributed by atoms with van der Waals surface area (Å²) in [5, 5.41) is 0. The maximum Gasteiger partial charge on any atom is 0.0776 e. The van der Waals surface area contributed by atoms with E-state index >= 15 is 0 Å². The molecule has 0 unspecified atom stereocenters. The van der Waals surface area contributed by atoms with Crippen LogP contribution in [0.3, 0.4) is 0 Å². The Balaban J connectivity index is 1.93. The first-order valence-corrected chi connectivity index (χ1v) is 9.10. The molecule has 3 aliphatic rings. The molecular formula is C23H21N3. The molecule has 6 rings (SSSR count). The molecule has 0 spiro atoms. The molecule has 0 amide bonds. The first-order valence-electron chi connectivity index (χ1n) is 9.10. The van der Waals surface area contributed by atoms with Crippen molar-refractivity contribution in [3.63, 3.8) is 0 Å². The van der Waals surface area contributed by atoms with E-state index in [1.807, 2.05) is 36.4 Å². The van der Waals surface area contributed by atoms with Gasteiger partial charge in [0, 0.05) is 5.41 Å². The monoisotopic (exact) mass is 339 g/mol. The topological polar surface area (TPSA) is 78.1 Å². The van der Waals surface area contributed by atoms with Gasteiger partial charge in [0.25, 0.3) is 0 Å². The molecule has 128 valence electrons. The van der Waals surface area contributed by atoms with Crippen LogP contribution in [0.25, 0.3) is 0 Å². The highest BCUT2D eigenvalue weighted by atomic mass is 15.1. The summed E-state index contributed by atoms with van der Waals surface area (Å²) in [7, 11) is 0. The maximum absolute atomic E-state index is 7.33. The fourth-order valence-electron chi connectivity index (χ4n) is 6.50. The summed E-state index contributed by atoms with van der Waals surface area (Å²) in [6.07, 6.45) is 0. The standard InChI is InChI=1S/C23H21N3/c1-20-21(24)14-8-2-3-9-15(14)22(20,25)18-12-6-7-13-19(18)23(20,26)17-11-5-4-10-16(17)21/h2-13H,24-26H2,1H3. The summed E-state index contributed by atoms with van der Waals surface area (Å²) in [6, 6.07) is 25.0. The Hall–Kier alpha value is -2.46. The molecule has 3 heteroatoms.